The third-order valence-corrected chi connectivity index (χ3v) is 11.0. The first-order chi connectivity index (χ1) is 11.4. The van der Waals surface area contributed by atoms with Crippen molar-refractivity contribution in [2.75, 3.05) is 6.61 Å². The van der Waals surface area contributed by atoms with E-state index in [0.717, 1.165) is 5.75 Å². The molecule has 1 aliphatic carbocycles. The Labute approximate surface area is 149 Å². The van der Waals surface area contributed by atoms with E-state index in [1.165, 1.54) is 22.8 Å². The van der Waals surface area contributed by atoms with Gasteiger partial charge in [0.15, 0.2) is 0 Å². The summed E-state index contributed by atoms with van der Waals surface area (Å²) in [4.78, 5) is 0. The fourth-order valence-electron chi connectivity index (χ4n) is 3.90. The summed E-state index contributed by atoms with van der Waals surface area (Å²) < 4.78 is 6.28. The molecule has 1 aliphatic rings. The monoisotopic (exact) mass is 340 g/mol. The van der Waals surface area contributed by atoms with Crippen LogP contribution in [0.25, 0.3) is 0 Å². The maximum atomic E-state index is 6.28. The van der Waals surface area contributed by atoms with E-state index < -0.39 is 8.07 Å². The number of para-hydroxylation sites is 1. The van der Waals surface area contributed by atoms with Crippen LogP contribution in [0.2, 0.25) is 17.6 Å². The highest BCUT2D eigenvalue weighted by Crippen LogP contribution is 2.39. The molecule has 0 fully saturated rings. The molecule has 0 amide bonds. The van der Waals surface area contributed by atoms with Crippen LogP contribution in [-0.4, -0.2) is 14.7 Å². The Morgan fingerprint density at radius 1 is 1.12 bits per heavy atom. The molecule has 0 aliphatic heterocycles. The van der Waals surface area contributed by atoms with Crippen molar-refractivity contribution in [3.05, 3.63) is 60.7 Å². The number of rotatable bonds is 7. The van der Waals surface area contributed by atoms with E-state index in [0.29, 0.717) is 12.1 Å². The van der Waals surface area contributed by atoms with Crippen LogP contribution in [0.5, 0.6) is 5.75 Å². The zero-order valence-corrected chi connectivity index (χ0v) is 16.9. The lowest BCUT2D eigenvalue weighted by molar-refractivity contribution is 0.354. The fraction of sp³-hybridized carbons (Fsp3) is 0.455. The largest absolute Gasteiger partial charge is 0.489 e. The van der Waals surface area contributed by atoms with Crippen molar-refractivity contribution in [3.8, 4) is 5.75 Å². The van der Waals surface area contributed by atoms with Crippen LogP contribution >= 0.6 is 0 Å². The smallest absolute Gasteiger partial charge is 0.122 e. The van der Waals surface area contributed by atoms with Gasteiger partial charge in [-0.1, -0.05) is 102 Å². The first-order valence-electron chi connectivity index (χ1n) is 9.13. The Morgan fingerprint density at radius 2 is 1.75 bits per heavy atom. The molecule has 0 spiro atoms. The van der Waals surface area contributed by atoms with Gasteiger partial charge in [0, 0.05) is 0 Å². The van der Waals surface area contributed by atoms with Crippen LogP contribution in [0.3, 0.4) is 0 Å². The Kier molecular flexibility index (Phi) is 5.92. The summed E-state index contributed by atoms with van der Waals surface area (Å²) in [6, 6.07) is 9.23. The lowest BCUT2D eigenvalue weighted by Crippen LogP contribution is -2.50. The first kappa shape index (κ1) is 18.8. The second kappa shape index (κ2) is 7.56. The minimum absolute atomic E-state index is 0.0650. The first-order valence-corrected chi connectivity index (χ1v) is 11.6. The molecule has 2 heteroatoms. The zero-order valence-electron chi connectivity index (χ0n) is 15.9. The maximum Gasteiger partial charge on any atom is 0.122 e. The maximum absolute atomic E-state index is 6.28. The summed E-state index contributed by atoms with van der Waals surface area (Å²) in [6.45, 7) is 15.9. The van der Waals surface area contributed by atoms with Gasteiger partial charge in [-0.05, 0) is 21.7 Å². The van der Waals surface area contributed by atoms with E-state index in [1.54, 1.807) is 0 Å². The van der Waals surface area contributed by atoms with Gasteiger partial charge in [0.05, 0.1) is 0 Å². The van der Waals surface area contributed by atoms with Crippen molar-refractivity contribution in [2.24, 2.45) is 0 Å². The van der Waals surface area contributed by atoms with Crippen LogP contribution in [0.1, 0.15) is 40.2 Å². The lowest BCUT2D eigenvalue weighted by atomic mass is 9.86. The van der Waals surface area contributed by atoms with E-state index in [-0.39, 0.29) is 5.41 Å². The Hall–Kier alpha value is -1.54. The quantitative estimate of drug-likeness (QED) is 0.454. The predicted octanol–water partition coefficient (Wildman–Crippen LogP) is 5.74. The van der Waals surface area contributed by atoms with Gasteiger partial charge in [-0.25, -0.2) is 0 Å². The van der Waals surface area contributed by atoms with Crippen molar-refractivity contribution < 1.29 is 4.74 Å². The van der Waals surface area contributed by atoms with E-state index >= 15 is 0 Å². The average molecular weight is 341 g/mol. The van der Waals surface area contributed by atoms with Gasteiger partial charge in [-0.15, -0.1) is 0 Å². The number of hydrogen-bond donors (Lipinski definition) is 0. The number of benzene rings is 1. The van der Waals surface area contributed by atoms with Crippen molar-refractivity contribution in [2.45, 2.75) is 57.7 Å². The van der Waals surface area contributed by atoms with Crippen LogP contribution in [0.4, 0.5) is 0 Å². The molecule has 0 unspecified atom stereocenters. The summed E-state index contributed by atoms with van der Waals surface area (Å²) in [6.07, 6.45) is 11.0. The fourth-order valence-corrected chi connectivity index (χ4v) is 8.51. The molecule has 0 radical (unpaired) electrons. The molecule has 24 heavy (non-hydrogen) atoms. The third-order valence-electron chi connectivity index (χ3n) is 5.35. The van der Waals surface area contributed by atoms with Crippen LogP contribution in [0.15, 0.2) is 55.2 Å². The number of hydrogen-bond acceptors (Lipinski definition) is 1. The van der Waals surface area contributed by atoms with Crippen molar-refractivity contribution in [1.82, 2.24) is 0 Å². The molecule has 130 valence electrons. The Bertz CT molecular complexity index is 618. The molecule has 2 rings (SSSR count). The van der Waals surface area contributed by atoms with E-state index in [9.17, 15) is 0 Å². The molecular formula is C22H32OSi. The zero-order chi connectivity index (χ0) is 17.8. The van der Waals surface area contributed by atoms with Gasteiger partial charge < -0.3 is 4.74 Å². The van der Waals surface area contributed by atoms with Crippen LogP contribution in [0, 0.1) is 0 Å². The number of allylic oxidation sites excluding steroid dienone is 4. The highest BCUT2D eigenvalue weighted by molar-refractivity contribution is 6.94. The minimum atomic E-state index is -1.72. The van der Waals surface area contributed by atoms with Crippen LogP contribution in [-0.2, 0) is 5.41 Å². The summed E-state index contributed by atoms with van der Waals surface area (Å²) in [7, 11) is -1.72. The van der Waals surface area contributed by atoms with Crippen molar-refractivity contribution >= 4 is 13.3 Å². The SMILES string of the molecule is C=CCOc1c(C(C)(C)C)cccc1[Si](CC)(CC)C1C=CC=C1. The standard InChI is InChI=1S/C22H32OSi/c1-7-17-23-21-19(22(4,5)6)15-12-16-20(21)24(8-2,9-3)18-13-10-11-14-18/h7,10-16,18H,1,8-9,17H2,2-6H3. The lowest BCUT2D eigenvalue weighted by Gasteiger charge is -2.37. The summed E-state index contributed by atoms with van der Waals surface area (Å²) in [5, 5.41) is 1.47. The van der Waals surface area contributed by atoms with E-state index in [4.69, 9.17) is 4.74 Å². The minimum Gasteiger partial charge on any atom is -0.489 e. The second-order valence-corrected chi connectivity index (χ2v) is 12.6. The molecule has 0 atom stereocenters. The number of ether oxygens (including phenoxy) is 1. The Morgan fingerprint density at radius 3 is 2.25 bits per heavy atom. The molecular weight excluding hydrogens is 308 g/mol. The molecule has 0 aromatic heterocycles. The van der Waals surface area contributed by atoms with Gasteiger partial charge in [0.25, 0.3) is 0 Å². The topological polar surface area (TPSA) is 9.23 Å². The van der Waals surface area contributed by atoms with Gasteiger partial charge in [-0.3, -0.25) is 0 Å². The highest BCUT2D eigenvalue weighted by atomic mass is 28.3. The molecule has 1 aromatic carbocycles. The molecule has 0 heterocycles. The van der Waals surface area contributed by atoms with Gasteiger partial charge in [0.2, 0.25) is 0 Å². The summed E-state index contributed by atoms with van der Waals surface area (Å²) >= 11 is 0. The summed E-state index contributed by atoms with van der Waals surface area (Å²) in [5.41, 5.74) is 1.94. The normalized spacial score (nSPS) is 15.0. The second-order valence-electron chi connectivity index (χ2n) is 7.69. The molecule has 0 N–H and O–H groups in total. The van der Waals surface area contributed by atoms with E-state index in [2.05, 4.69) is 83.7 Å². The Balaban J connectivity index is 2.67. The molecule has 1 nitrogen and oxygen atoms in total. The average Bonchev–Trinajstić information content (AvgIpc) is 3.09. The predicted molar refractivity (Wildman–Crippen MR) is 109 cm³/mol. The molecule has 0 saturated heterocycles. The van der Waals surface area contributed by atoms with Gasteiger partial charge in [-0.2, -0.15) is 0 Å². The van der Waals surface area contributed by atoms with Gasteiger partial charge >= 0.3 is 0 Å². The third kappa shape index (κ3) is 3.44. The van der Waals surface area contributed by atoms with Crippen LogP contribution < -0.4 is 9.92 Å². The van der Waals surface area contributed by atoms with Gasteiger partial charge in [0.1, 0.15) is 20.4 Å². The van der Waals surface area contributed by atoms with E-state index in [1.807, 2.05) is 6.08 Å². The molecule has 1 aromatic rings. The molecule has 0 bridgehead atoms. The van der Waals surface area contributed by atoms with Crippen molar-refractivity contribution in [1.29, 1.82) is 0 Å². The molecule has 0 saturated carbocycles. The van der Waals surface area contributed by atoms with Crippen molar-refractivity contribution in [3.63, 3.8) is 0 Å². The highest BCUT2D eigenvalue weighted by Gasteiger charge is 2.41. The summed E-state index contributed by atoms with van der Waals surface area (Å²) in [5.74, 6) is 1.12.